The van der Waals surface area contributed by atoms with Crippen molar-refractivity contribution in [3.8, 4) is 0 Å². The van der Waals surface area contributed by atoms with Crippen LogP contribution in [0.5, 0.6) is 0 Å². The molecule has 0 aliphatic heterocycles. The zero-order valence-corrected chi connectivity index (χ0v) is 12.1. The van der Waals surface area contributed by atoms with E-state index in [0.29, 0.717) is 18.4 Å². The number of amides is 1. The summed E-state index contributed by atoms with van der Waals surface area (Å²) in [6, 6.07) is 13.0. The van der Waals surface area contributed by atoms with Gasteiger partial charge in [0.2, 0.25) is 0 Å². The molecule has 1 atom stereocenters. The second kappa shape index (κ2) is 6.50. The SMILES string of the molecule is CCC[C@@](O)(Cc1cccnc1C(N)=O)c1ccccc1. The molecular weight excluding hydrogens is 264 g/mol. The Bertz CT molecular complexity index is 613. The Kier molecular flexibility index (Phi) is 4.70. The molecule has 3 N–H and O–H groups in total. The van der Waals surface area contributed by atoms with E-state index in [-0.39, 0.29) is 5.69 Å². The van der Waals surface area contributed by atoms with Crippen LogP contribution in [0.4, 0.5) is 0 Å². The van der Waals surface area contributed by atoms with Crippen LogP contribution in [0.25, 0.3) is 0 Å². The lowest BCUT2D eigenvalue weighted by atomic mass is 9.83. The monoisotopic (exact) mass is 284 g/mol. The van der Waals surface area contributed by atoms with Crippen molar-refractivity contribution < 1.29 is 9.90 Å². The fourth-order valence-electron chi connectivity index (χ4n) is 2.61. The van der Waals surface area contributed by atoms with Crippen LogP contribution in [0, 0.1) is 0 Å². The number of benzene rings is 1. The number of carbonyl (C=O) groups is 1. The Balaban J connectivity index is 2.39. The van der Waals surface area contributed by atoms with Crippen LogP contribution in [0.2, 0.25) is 0 Å². The van der Waals surface area contributed by atoms with E-state index in [1.807, 2.05) is 37.3 Å². The van der Waals surface area contributed by atoms with E-state index in [0.717, 1.165) is 12.0 Å². The second-order valence-corrected chi connectivity index (χ2v) is 5.20. The molecule has 0 saturated carbocycles. The molecule has 0 unspecified atom stereocenters. The number of nitrogens with zero attached hydrogens (tertiary/aromatic N) is 1. The molecule has 1 aromatic heterocycles. The highest BCUT2D eigenvalue weighted by Gasteiger charge is 2.30. The fourth-order valence-corrected chi connectivity index (χ4v) is 2.61. The maximum absolute atomic E-state index is 11.5. The molecule has 110 valence electrons. The number of aromatic nitrogens is 1. The normalized spacial score (nSPS) is 13.6. The number of rotatable bonds is 6. The first-order valence-electron chi connectivity index (χ1n) is 7.08. The van der Waals surface area contributed by atoms with Crippen molar-refractivity contribution in [2.45, 2.75) is 31.8 Å². The van der Waals surface area contributed by atoms with Gasteiger partial charge in [-0.1, -0.05) is 49.7 Å². The molecule has 4 nitrogen and oxygen atoms in total. The minimum absolute atomic E-state index is 0.225. The Hall–Kier alpha value is -2.20. The van der Waals surface area contributed by atoms with Gasteiger partial charge in [0.05, 0.1) is 5.60 Å². The highest BCUT2D eigenvalue weighted by Crippen LogP contribution is 2.31. The number of nitrogens with two attached hydrogens (primary N) is 1. The number of hydrogen-bond acceptors (Lipinski definition) is 3. The van der Waals surface area contributed by atoms with Gasteiger partial charge in [0, 0.05) is 12.6 Å². The van der Waals surface area contributed by atoms with E-state index < -0.39 is 11.5 Å². The first-order valence-corrected chi connectivity index (χ1v) is 7.08. The van der Waals surface area contributed by atoms with Crippen molar-refractivity contribution in [1.29, 1.82) is 0 Å². The first kappa shape index (κ1) is 15.2. The molecule has 2 aromatic rings. The third kappa shape index (κ3) is 3.47. The topological polar surface area (TPSA) is 76.2 Å². The summed E-state index contributed by atoms with van der Waals surface area (Å²) in [5.74, 6) is -0.572. The second-order valence-electron chi connectivity index (χ2n) is 5.20. The van der Waals surface area contributed by atoms with Crippen LogP contribution >= 0.6 is 0 Å². The summed E-state index contributed by atoms with van der Waals surface area (Å²) in [5.41, 5.74) is 6.07. The molecule has 1 heterocycles. The molecular formula is C17H20N2O2. The predicted octanol–water partition coefficient (Wildman–Crippen LogP) is 2.41. The fraction of sp³-hybridized carbons (Fsp3) is 0.294. The van der Waals surface area contributed by atoms with Crippen LogP contribution in [-0.2, 0) is 12.0 Å². The standard InChI is InChI=1S/C17H20N2O2/c1-2-10-17(21,14-8-4-3-5-9-14)12-13-7-6-11-19-15(13)16(18)20/h3-9,11,21H,2,10,12H2,1H3,(H2,18,20)/t17-/m1/s1. The van der Waals surface area contributed by atoms with E-state index in [4.69, 9.17) is 5.73 Å². The smallest absolute Gasteiger partial charge is 0.267 e. The van der Waals surface area contributed by atoms with Crippen molar-refractivity contribution >= 4 is 5.91 Å². The van der Waals surface area contributed by atoms with Gasteiger partial charge < -0.3 is 10.8 Å². The quantitative estimate of drug-likeness (QED) is 0.855. The number of hydrogen-bond donors (Lipinski definition) is 2. The number of carbonyl (C=O) groups excluding carboxylic acids is 1. The van der Waals surface area contributed by atoms with Crippen molar-refractivity contribution in [2.75, 3.05) is 0 Å². The first-order chi connectivity index (χ1) is 10.1. The lowest BCUT2D eigenvalue weighted by Gasteiger charge is -2.29. The maximum Gasteiger partial charge on any atom is 0.267 e. The van der Waals surface area contributed by atoms with Gasteiger partial charge in [0.15, 0.2) is 0 Å². The van der Waals surface area contributed by atoms with Crippen LogP contribution in [0.3, 0.4) is 0 Å². The minimum Gasteiger partial charge on any atom is -0.385 e. The molecule has 0 fully saturated rings. The summed E-state index contributed by atoms with van der Waals surface area (Å²) >= 11 is 0. The Morgan fingerprint density at radius 3 is 2.57 bits per heavy atom. The third-order valence-corrected chi connectivity index (χ3v) is 3.58. The van der Waals surface area contributed by atoms with E-state index in [1.54, 1.807) is 12.1 Å². The largest absolute Gasteiger partial charge is 0.385 e. The van der Waals surface area contributed by atoms with Crippen LogP contribution < -0.4 is 5.73 Å². The summed E-state index contributed by atoms with van der Waals surface area (Å²) in [6.07, 6.45) is 3.28. The van der Waals surface area contributed by atoms with Crippen molar-refractivity contribution in [1.82, 2.24) is 4.98 Å². The number of pyridine rings is 1. The van der Waals surface area contributed by atoms with Crippen LogP contribution in [0.15, 0.2) is 48.7 Å². The van der Waals surface area contributed by atoms with Gasteiger partial charge in [-0.15, -0.1) is 0 Å². The van der Waals surface area contributed by atoms with Crippen molar-refractivity contribution in [2.24, 2.45) is 5.73 Å². The third-order valence-electron chi connectivity index (χ3n) is 3.58. The summed E-state index contributed by atoms with van der Waals surface area (Å²) in [5, 5.41) is 11.1. The molecule has 0 saturated heterocycles. The molecule has 0 spiro atoms. The molecule has 0 aliphatic carbocycles. The highest BCUT2D eigenvalue weighted by atomic mass is 16.3. The highest BCUT2D eigenvalue weighted by molar-refractivity contribution is 5.92. The van der Waals surface area contributed by atoms with Crippen molar-refractivity contribution in [3.63, 3.8) is 0 Å². The van der Waals surface area contributed by atoms with Crippen LogP contribution in [0.1, 0.15) is 41.4 Å². The molecule has 21 heavy (non-hydrogen) atoms. The zero-order valence-electron chi connectivity index (χ0n) is 12.1. The zero-order chi connectivity index (χ0) is 15.3. The van der Waals surface area contributed by atoms with Gasteiger partial charge in [-0.3, -0.25) is 9.78 Å². The number of primary amides is 1. The van der Waals surface area contributed by atoms with Gasteiger partial charge in [-0.25, -0.2) is 0 Å². The Morgan fingerprint density at radius 2 is 1.95 bits per heavy atom. The molecule has 0 radical (unpaired) electrons. The summed E-state index contributed by atoms with van der Waals surface area (Å²) in [4.78, 5) is 15.5. The molecule has 4 heteroatoms. The lowest BCUT2D eigenvalue weighted by Crippen LogP contribution is -2.30. The average Bonchev–Trinajstić information content (AvgIpc) is 2.48. The van der Waals surface area contributed by atoms with E-state index in [1.165, 1.54) is 6.20 Å². The summed E-state index contributed by atoms with van der Waals surface area (Å²) < 4.78 is 0. The predicted molar refractivity (Wildman–Crippen MR) is 81.7 cm³/mol. The molecule has 0 aliphatic rings. The number of aliphatic hydroxyl groups is 1. The van der Waals surface area contributed by atoms with E-state index in [2.05, 4.69) is 4.98 Å². The van der Waals surface area contributed by atoms with Crippen LogP contribution in [-0.4, -0.2) is 16.0 Å². The van der Waals surface area contributed by atoms with E-state index >= 15 is 0 Å². The molecule has 1 aromatic carbocycles. The average molecular weight is 284 g/mol. The summed E-state index contributed by atoms with van der Waals surface area (Å²) in [6.45, 7) is 2.02. The van der Waals surface area contributed by atoms with Gasteiger partial charge in [-0.05, 0) is 23.6 Å². The van der Waals surface area contributed by atoms with Crippen molar-refractivity contribution in [3.05, 3.63) is 65.5 Å². The Morgan fingerprint density at radius 1 is 1.24 bits per heavy atom. The molecule has 2 rings (SSSR count). The lowest BCUT2D eigenvalue weighted by molar-refractivity contribution is 0.0266. The molecule has 1 amide bonds. The van der Waals surface area contributed by atoms with Gasteiger partial charge >= 0.3 is 0 Å². The minimum atomic E-state index is -1.02. The Labute approximate surface area is 124 Å². The van der Waals surface area contributed by atoms with Gasteiger partial charge in [-0.2, -0.15) is 0 Å². The summed E-state index contributed by atoms with van der Waals surface area (Å²) in [7, 11) is 0. The van der Waals surface area contributed by atoms with E-state index in [9.17, 15) is 9.90 Å². The van der Waals surface area contributed by atoms with Gasteiger partial charge in [0.1, 0.15) is 5.69 Å². The molecule has 0 bridgehead atoms. The maximum atomic E-state index is 11.5. The van der Waals surface area contributed by atoms with Gasteiger partial charge in [0.25, 0.3) is 5.91 Å².